The molecule has 98 valence electrons. The zero-order valence-corrected chi connectivity index (χ0v) is 10.9. The van der Waals surface area contributed by atoms with Gasteiger partial charge in [-0.3, -0.25) is 10.4 Å². The van der Waals surface area contributed by atoms with E-state index in [2.05, 4.69) is 4.98 Å². The number of amidine groups is 1. The van der Waals surface area contributed by atoms with Gasteiger partial charge >= 0.3 is 0 Å². The number of rotatable bonds is 4. The van der Waals surface area contributed by atoms with Gasteiger partial charge in [0.05, 0.1) is 19.0 Å². The number of nitrogens with two attached hydrogens (primary N) is 1. The van der Waals surface area contributed by atoms with Crippen LogP contribution in [0.25, 0.3) is 0 Å². The molecule has 2 aromatic rings. The number of nitrogens with zero attached hydrogens (tertiary/aromatic N) is 2. The summed E-state index contributed by atoms with van der Waals surface area (Å²) in [4.78, 5) is 6.01. The molecule has 3 N–H and O–H groups in total. The smallest absolute Gasteiger partial charge is 0.125 e. The van der Waals surface area contributed by atoms with E-state index >= 15 is 0 Å². The third-order valence-corrected chi connectivity index (χ3v) is 2.89. The lowest BCUT2D eigenvalue weighted by Gasteiger charge is -2.22. The van der Waals surface area contributed by atoms with E-state index < -0.39 is 0 Å². The minimum absolute atomic E-state index is 0.0205. The van der Waals surface area contributed by atoms with E-state index in [1.54, 1.807) is 25.6 Å². The summed E-state index contributed by atoms with van der Waals surface area (Å²) >= 11 is 0. The Morgan fingerprint density at radius 2 is 2.16 bits per heavy atom. The first-order chi connectivity index (χ1) is 9.13. The Bertz CT molecular complexity index is 598. The third kappa shape index (κ3) is 2.65. The van der Waals surface area contributed by atoms with Crippen molar-refractivity contribution in [1.29, 1.82) is 5.41 Å². The van der Waals surface area contributed by atoms with Gasteiger partial charge in [-0.05, 0) is 18.2 Å². The van der Waals surface area contributed by atoms with Crippen LogP contribution in [0.15, 0.2) is 42.7 Å². The second-order valence-corrected chi connectivity index (χ2v) is 4.07. The lowest BCUT2D eigenvalue weighted by molar-refractivity contribution is 0.415. The van der Waals surface area contributed by atoms with Crippen molar-refractivity contribution in [2.24, 2.45) is 5.73 Å². The molecule has 5 nitrogen and oxygen atoms in total. The summed E-state index contributed by atoms with van der Waals surface area (Å²) in [7, 11) is 3.53. The molecule has 0 atom stereocenters. The molecule has 0 bridgehead atoms. The Labute approximate surface area is 112 Å². The van der Waals surface area contributed by atoms with Crippen LogP contribution in [-0.2, 0) is 0 Å². The molecule has 0 unspecified atom stereocenters. The number of benzene rings is 1. The first-order valence-electron chi connectivity index (χ1n) is 5.79. The monoisotopic (exact) mass is 256 g/mol. The molecule has 1 aromatic carbocycles. The number of hydrogen-bond acceptors (Lipinski definition) is 4. The number of ether oxygens (including phenoxy) is 1. The number of nitrogens with one attached hydrogen (secondary N) is 1. The summed E-state index contributed by atoms with van der Waals surface area (Å²) in [5.41, 5.74) is 7.96. The van der Waals surface area contributed by atoms with Gasteiger partial charge in [0.15, 0.2) is 0 Å². The molecule has 1 aromatic heterocycles. The Balaban J connectivity index is 2.43. The predicted octanol–water partition coefficient (Wildman–Crippen LogP) is 2.14. The Hall–Kier alpha value is -2.56. The summed E-state index contributed by atoms with van der Waals surface area (Å²) < 4.78 is 5.21. The number of methoxy groups -OCH3 is 1. The van der Waals surface area contributed by atoms with E-state index in [9.17, 15) is 0 Å². The van der Waals surface area contributed by atoms with Crippen molar-refractivity contribution in [2.45, 2.75) is 0 Å². The first-order valence-corrected chi connectivity index (χ1v) is 5.79. The van der Waals surface area contributed by atoms with Crippen molar-refractivity contribution in [1.82, 2.24) is 4.98 Å². The van der Waals surface area contributed by atoms with Gasteiger partial charge in [-0.1, -0.05) is 6.07 Å². The Kier molecular flexibility index (Phi) is 3.66. The highest BCUT2D eigenvalue weighted by molar-refractivity contribution is 6.00. The Morgan fingerprint density at radius 3 is 2.84 bits per heavy atom. The predicted molar refractivity (Wildman–Crippen MR) is 76.3 cm³/mol. The lowest BCUT2D eigenvalue weighted by Crippen LogP contribution is -2.18. The maximum Gasteiger partial charge on any atom is 0.125 e. The fourth-order valence-electron chi connectivity index (χ4n) is 1.84. The average Bonchev–Trinajstić information content (AvgIpc) is 2.46. The number of nitrogen functional groups attached to an aromatic ring is 1. The topological polar surface area (TPSA) is 75.2 Å². The molecule has 0 fully saturated rings. The van der Waals surface area contributed by atoms with Crippen LogP contribution in [0.3, 0.4) is 0 Å². The van der Waals surface area contributed by atoms with Crippen molar-refractivity contribution >= 4 is 17.2 Å². The van der Waals surface area contributed by atoms with Gasteiger partial charge in [0, 0.05) is 30.6 Å². The lowest BCUT2D eigenvalue weighted by atomic mass is 10.2. The molecular weight excluding hydrogens is 240 g/mol. The maximum atomic E-state index is 7.61. The van der Waals surface area contributed by atoms with E-state index in [0.29, 0.717) is 5.56 Å². The van der Waals surface area contributed by atoms with Crippen molar-refractivity contribution in [3.8, 4) is 5.75 Å². The third-order valence-electron chi connectivity index (χ3n) is 2.89. The zero-order chi connectivity index (χ0) is 13.8. The van der Waals surface area contributed by atoms with Crippen molar-refractivity contribution in [2.75, 3.05) is 19.1 Å². The summed E-state index contributed by atoms with van der Waals surface area (Å²) in [6, 6.07) is 9.39. The first kappa shape index (κ1) is 12.9. The molecule has 5 heteroatoms. The van der Waals surface area contributed by atoms with Crippen LogP contribution >= 0.6 is 0 Å². The molecule has 0 spiro atoms. The van der Waals surface area contributed by atoms with Crippen LogP contribution in [0, 0.1) is 5.41 Å². The Morgan fingerprint density at radius 1 is 1.37 bits per heavy atom. The minimum Gasteiger partial charge on any atom is -0.497 e. The van der Waals surface area contributed by atoms with Gasteiger partial charge in [0.25, 0.3) is 0 Å². The van der Waals surface area contributed by atoms with E-state index in [0.717, 1.165) is 17.1 Å². The van der Waals surface area contributed by atoms with Crippen LogP contribution < -0.4 is 15.4 Å². The van der Waals surface area contributed by atoms with Crippen LogP contribution in [0.2, 0.25) is 0 Å². The van der Waals surface area contributed by atoms with Gasteiger partial charge < -0.3 is 15.4 Å². The molecule has 1 heterocycles. The standard InChI is InChI=1S/C14H16N4O/c1-18(10-4-3-5-11(8-10)19-2)13-9-17-7-6-12(13)14(15)16/h3-9H,1-2H3,(H3,15,16). The van der Waals surface area contributed by atoms with Crippen molar-refractivity contribution in [3.05, 3.63) is 48.3 Å². The molecular formula is C14H16N4O. The molecule has 19 heavy (non-hydrogen) atoms. The molecule has 0 saturated carbocycles. The largest absolute Gasteiger partial charge is 0.497 e. The van der Waals surface area contributed by atoms with Crippen LogP contribution in [0.4, 0.5) is 11.4 Å². The van der Waals surface area contributed by atoms with Crippen molar-refractivity contribution < 1.29 is 4.74 Å². The second-order valence-electron chi connectivity index (χ2n) is 4.07. The van der Waals surface area contributed by atoms with Gasteiger partial charge in [0.1, 0.15) is 11.6 Å². The normalized spacial score (nSPS) is 10.0. The van der Waals surface area contributed by atoms with Crippen LogP contribution in [0.5, 0.6) is 5.75 Å². The number of aromatic nitrogens is 1. The highest BCUT2D eigenvalue weighted by Gasteiger charge is 2.11. The van der Waals surface area contributed by atoms with Gasteiger partial charge in [0.2, 0.25) is 0 Å². The number of pyridine rings is 1. The van der Waals surface area contributed by atoms with E-state index in [1.165, 1.54) is 0 Å². The molecule has 0 aliphatic rings. The van der Waals surface area contributed by atoms with Crippen LogP contribution in [0.1, 0.15) is 5.56 Å². The second kappa shape index (κ2) is 5.39. The molecule has 0 aliphatic heterocycles. The molecule has 2 rings (SSSR count). The maximum absolute atomic E-state index is 7.61. The number of anilines is 2. The average molecular weight is 256 g/mol. The highest BCUT2D eigenvalue weighted by Crippen LogP contribution is 2.28. The van der Waals surface area contributed by atoms with Gasteiger partial charge in [-0.25, -0.2) is 0 Å². The molecule has 0 saturated heterocycles. The summed E-state index contributed by atoms with van der Waals surface area (Å²) in [6.45, 7) is 0. The number of hydrogen-bond donors (Lipinski definition) is 2. The summed E-state index contributed by atoms with van der Waals surface area (Å²) in [6.07, 6.45) is 3.32. The fourth-order valence-corrected chi connectivity index (χ4v) is 1.84. The van der Waals surface area contributed by atoms with E-state index in [1.807, 2.05) is 36.2 Å². The molecule has 0 radical (unpaired) electrons. The summed E-state index contributed by atoms with van der Waals surface area (Å²) in [5.74, 6) is 0.796. The highest BCUT2D eigenvalue weighted by atomic mass is 16.5. The fraction of sp³-hybridized carbons (Fsp3) is 0.143. The zero-order valence-electron chi connectivity index (χ0n) is 10.9. The van der Waals surface area contributed by atoms with E-state index in [4.69, 9.17) is 15.9 Å². The van der Waals surface area contributed by atoms with Gasteiger partial charge in [-0.15, -0.1) is 0 Å². The molecule has 0 aliphatic carbocycles. The van der Waals surface area contributed by atoms with Crippen molar-refractivity contribution in [3.63, 3.8) is 0 Å². The minimum atomic E-state index is 0.0205. The van der Waals surface area contributed by atoms with E-state index in [-0.39, 0.29) is 5.84 Å². The van der Waals surface area contributed by atoms with Crippen LogP contribution in [-0.4, -0.2) is 25.0 Å². The molecule has 0 amide bonds. The quantitative estimate of drug-likeness (QED) is 0.649. The summed E-state index contributed by atoms with van der Waals surface area (Å²) in [5, 5.41) is 7.61. The van der Waals surface area contributed by atoms with Gasteiger partial charge in [-0.2, -0.15) is 0 Å². The SMILES string of the molecule is COc1cccc(N(C)c2cnccc2C(=N)N)c1.